The van der Waals surface area contributed by atoms with Crippen LogP contribution in [0.2, 0.25) is 0 Å². The van der Waals surface area contributed by atoms with E-state index in [2.05, 4.69) is 6.58 Å². The molecule has 1 fully saturated rings. The molecule has 0 bridgehead atoms. The number of carbonyl (C=O) groups is 1. The summed E-state index contributed by atoms with van der Waals surface area (Å²) < 4.78 is 53.3. The van der Waals surface area contributed by atoms with Crippen molar-refractivity contribution < 1.29 is 32.5 Å². The topological polar surface area (TPSA) is 135 Å². The number of hydrogen-bond acceptors (Lipinski definition) is 7. The molecule has 0 amide bonds. The Balaban J connectivity index is 0.000000284. The Bertz CT molecular complexity index is 2010. The lowest BCUT2D eigenvalue weighted by molar-refractivity contribution is -0.136. The second kappa shape index (κ2) is 16.8. The zero-order chi connectivity index (χ0) is 38.3. The molecule has 0 radical (unpaired) electrons. The highest BCUT2D eigenvalue weighted by atomic mass is 19.3. The van der Waals surface area contributed by atoms with Crippen LogP contribution in [-0.2, 0) is 17.8 Å². The molecule has 1 aliphatic rings. The van der Waals surface area contributed by atoms with Gasteiger partial charge < -0.3 is 31.5 Å². The number of aryl methyl sites for hydroxylation is 2. The van der Waals surface area contributed by atoms with Crippen LogP contribution in [0.1, 0.15) is 60.9 Å². The van der Waals surface area contributed by atoms with Crippen molar-refractivity contribution in [3.05, 3.63) is 107 Å². The maximum Gasteiger partial charge on any atom is 0.303 e. The first-order valence-corrected chi connectivity index (χ1v) is 16.9. The molecule has 0 unspecified atom stereocenters. The fourth-order valence-corrected chi connectivity index (χ4v) is 6.69. The molecule has 4 aromatic carbocycles. The third-order valence-electron chi connectivity index (χ3n) is 9.21. The number of carboxylic acids is 1. The molecule has 0 aromatic heterocycles. The highest BCUT2D eigenvalue weighted by Crippen LogP contribution is 2.45. The van der Waals surface area contributed by atoms with E-state index in [0.29, 0.717) is 54.4 Å². The number of aliphatic carboxylic acids is 1. The number of fused-ring (bicyclic) bond motifs is 1. The SMILES string of the molecule is C=C(N)c1c(C)ccc(/C(C(C)=N)=C(\C)N)c1F.COc1ccc(CN2CCC(F)(F)CC2)c(OC)c1-c1cccc2c(CCC(=O)O)cccc12. The summed E-state index contributed by atoms with van der Waals surface area (Å²) in [7, 11) is 3.21. The van der Waals surface area contributed by atoms with Crippen molar-refractivity contribution in [3.8, 4) is 22.6 Å². The molecule has 1 aliphatic heterocycles. The lowest BCUT2D eigenvalue weighted by Crippen LogP contribution is -2.38. The van der Waals surface area contributed by atoms with E-state index >= 15 is 0 Å². The van der Waals surface area contributed by atoms with Gasteiger partial charge in [0.25, 0.3) is 5.92 Å². The molecule has 1 heterocycles. The van der Waals surface area contributed by atoms with Crippen LogP contribution < -0.4 is 20.9 Å². The van der Waals surface area contributed by atoms with Crippen LogP contribution in [-0.4, -0.2) is 54.9 Å². The second-order valence-corrected chi connectivity index (χ2v) is 13.0. The zero-order valence-corrected chi connectivity index (χ0v) is 30.3. The van der Waals surface area contributed by atoms with Gasteiger partial charge in [-0.3, -0.25) is 9.69 Å². The molecule has 8 nitrogen and oxygen atoms in total. The van der Waals surface area contributed by atoms with Crippen LogP contribution in [0.15, 0.2) is 72.9 Å². The van der Waals surface area contributed by atoms with Crippen molar-refractivity contribution in [2.75, 3.05) is 27.3 Å². The number of methoxy groups -OCH3 is 2. The van der Waals surface area contributed by atoms with Crippen molar-refractivity contribution in [1.29, 1.82) is 5.41 Å². The number of rotatable bonds is 11. The number of alkyl halides is 2. The first kappa shape index (κ1) is 39.5. The Morgan fingerprint density at radius 3 is 2.19 bits per heavy atom. The summed E-state index contributed by atoms with van der Waals surface area (Å²) in [6, 6.07) is 19.0. The van der Waals surface area contributed by atoms with E-state index in [-0.39, 0.29) is 41.8 Å². The fraction of sp³-hybridized carbons (Fsp3) is 0.317. The number of allylic oxidation sites excluding steroid dienone is 2. The third-order valence-corrected chi connectivity index (χ3v) is 9.21. The normalized spacial score (nSPS) is 14.5. The summed E-state index contributed by atoms with van der Waals surface area (Å²) in [4.78, 5) is 13.1. The highest BCUT2D eigenvalue weighted by molar-refractivity contribution is 6.22. The number of nitrogens with one attached hydrogen (secondary N) is 1. The van der Waals surface area contributed by atoms with E-state index < -0.39 is 17.7 Å². The maximum absolute atomic E-state index is 14.4. The van der Waals surface area contributed by atoms with E-state index in [1.807, 2.05) is 53.4 Å². The van der Waals surface area contributed by atoms with Gasteiger partial charge in [0, 0.05) is 78.3 Å². The summed E-state index contributed by atoms with van der Waals surface area (Å²) in [5, 5.41) is 18.8. The lowest BCUT2D eigenvalue weighted by atomic mass is 9.92. The number of piperidine rings is 1. The summed E-state index contributed by atoms with van der Waals surface area (Å²) in [5.74, 6) is -2.60. The summed E-state index contributed by atoms with van der Waals surface area (Å²) in [6.07, 6.45) is 0.214. The number of nitrogens with two attached hydrogens (primary N) is 2. The number of hydrogen-bond donors (Lipinski definition) is 4. The number of halogens is 3. The Morgan fingerprint density at radius 2 is 1.62 bits per heavy atom. The van der Waals surface area contributed by atoms with Crippen LogP contribution >= 0.6 is 0 Å². The third kappa shape index (κ3) is 8.95. The fourth-order valence-electron chi connectivity index (χ4n) is 6.69. The number of carboxylic acid groups (broad SMARTS) is 1. The minimum atomic E-state index is -2.59. The molecule has 52 heavy (non-hydrogen) atoms. The quantitative estimate of drug-likeness (QED) is 0.114. The van der Waals surface area contributed by atoms with Crippen LogP contribution in [0.5, 0.6) is 11.5 Å². The van der Waals surface area contributed by atoms with E-state index in [0.717, 1.165) is 33.0 Å². The van der Waals surface area contributed by atoms with Gasteiger partial charge in [-0.25, -0.2) is 13.2 Å². The van der Waals surface area contributed by atoms with Crippen LogP contribution in [0.4, 0.5) is 13.2 Å². The Hall–Kier alpha value is -5.29. The van der Waals surface area contributed by atoms with Crippen LogP contribution in [0, 0.1) is 18.2 Å². The Labute approximate surface area is 303 Å². The lowest BCUT2D eigenvalue weighted by Gasteiger charge is -2.32. The largest absolute Gasteiger partial charge is 0.496 e. The first-order chi connectivity index (χ1) is 24.6. The van der Waals surface area contributed by atoms with Gasteiger partial charge in [-0.2, -0.15) is 0 Å². The molecule has 0 saturated carbocycles. The average Bonchev–Trinajstić information content (AvgIpc) is 3.08. The standard InChI is InChI=1S/C27H29F2NO4.C14H18FN3/c1-33-23-11-9-19(17-30-15-13-27(28,29)14-16-30)26(34-2)25(23)22-8-4-6-20-18(10-12-24(31)32)5-3-7-21(20)22;1-7-5-6-11(13(9(3)17)10(4)18)14(15)12(7)8(2)16/h3-9,11H,10,12-17H2,1-2H3,(H,31,32);5-6,17H,2,16,18H2,1,3-4H3/b;13-10+,17-9?. The van der Waals surface area contributed by atoms with Gasteiger partial charge in [0.1, 0.15) is 17.3 Å². The van der Waals surface area contributed by atoms with Gasteiger partial charge in [-0.1, -0.05) is 61.2 Å². The zero-order valence-electron chi connectivity index (χ0n) is 30.3. The highest BCUT2D eigenvalue weighted by Gasteiger charge is 2.34. The smallest absolute Gasteiger partial charge is 0.303 e. The average molecular weight is 717 g/mol. The number of nitrogens with zero attached hydrogens (tertiary/aromatic N) is 1. The molecule has 0 spiro atoms. The molecule has 1 saturated heterocycles. The van der Waals surface area contributed by atoms with Gasteiger partial charge in [0.15, 0.2) is 0 Å². The summed E-state index contributed by atoms with van der Waals surface area (Å²) in [5.41, 5.74) is 17.4. The van der Waals surface area contributed by atoms with Crippen LogP contribution in [0.25, 0.3) is 33.2 Å². The predicted molar refractivity (Wildman–Crippen MR) is 202 cm³/mol. The molecule has 6 N–H and O–H groups in total. The number of ether oxygens (including phenoxy) is 2. The predicted octanol–water partition coefficient (Wildman–Crippen LogP) is 8.57. The first-order valence-electron chi connectivity index (χ1n) is 16.9. The molecule has 0 atom stereocenters. The monoisotopic (exact) mass is 716 g/mol. The molecular weight excluding hydrogens is 669 g/mol. The van der Waals surface area contributed by atoms with Gasteiger partial charge in [0.2, 0.25) is 0 Å². The number of benzene rings is 4. The molecule has 4 aromatic rings. The maximum atomic E-state index is 14.4. The van der Waals surface area contributed by atoms with Crippen molar-refractivity contribution in [2.45, 2.75) is 58.9 Å². The Morgan fingerprint density at radius 1 is 0.962 bits per heavy atom. The molecule has 276 valence electrons. The molecule has 11 heteroatoms. The molecular formula is C41H47F3N4O4. The van der Waals surface area contributed by atoms with Crippen LogP contribution in [0.3, 0.4) is 0 Å². The van der Waals surface area contributed by atoms with Crippen molar-refractivity contribution in [1.82, 2.24) is 4.90 Å². The van der Waals surface area contributed by atoms with Gasteiger partial charge in [-0.05, 0) is 60.7 Å². The second-order valence-electron chi connectivity index (χ2n) is 13.0. The minimum Gasteiger partial charge on any atom is -0.496 e. The van der Waals surface area contributed by atoms with Crippen molar-refractivity contribution >= 4 is 33.7 Å². The van der Waals surface area contributed by atoms with E-state index in [9.17, 15) is 18.0 Å². The van der Waals surface area contributed by atoms with E-state index in [4.69, 9.17) is 31.5 Å². The molecule has 5 rings (SSSR count). The van der Waals surface area contributed by atoms with Gasteiger partial charge >= 0.3 is 5.97 Å². The van der Waals surface area contributed by atoms with E-state index in [1.54, 1.807) is 47.1 Å². The minimum absolute atomic E-state index is 0.0559. The Kier molecular flexibility index (Phi) is 12.8. The number of likely N-dealkylation sites (tertiary alicyclic amines) is 1. The summed E-state index contributed by atoms with van der Waals surface area (Å²) in [6.45, 7) is 9.72. The van der Waals surface area contributed by atoms with Crippen molar-refractivity contribution in [2.24, 2.45) is 11.5 Å². The summed E-state index contributed by atoms with van der Waals surface area (Å²) >= 11 is 0. The van der Waals surface area contributed by atoms with Gasteiger partial charge in [0.05, 0.1) is 19.8 Å². The van der Waals surface area contributed by atoms with Gasteiger partial charge in [-0.15, -0.1) is 0 Å². The van der Waals surface area contributed by atoms with Crippen molar-refractivity contribution in [3.63, 3.8) is 0 Å². The van der Waals surface area contributed by atoms with E-state index in [1.165, 1.54) is 0 Å². The molecule has 0 aliphatic carbocycles.